The van der Waals surface area contributed by atoms with E-state index in [1.54, 1.807) is 13.2 Å². The van der Waals surface area contributed by atoms with E-state index in [1.807, 2.05) is 6.07 Å². The van der Waals surface area contributed by atoms with Crippen molar-refractivity contribution in [3.05, 3.63) is 29.6 Å². The molecule has 0 heterocycles. The van der Waals surface area contributed by atoms with Crippen LogP contribution in [0.15, 0.2) is 18.2 Å². The first-order valence-electron chi connectivity index (χ1n) is 5.96. The topological polar surface area (TPSA) is 53.7 Å². The Morgan fingerprint density at radius 3 is 2.61 bits per heavy atom. The van der Waals surface area contributed by atoms with Crippen molar-refractivity contribution in [1.82, 2.24) is 0 Å². The second-order valence-corrected chi connectivity index (χ2v) is 3.76. The summed E-state index contributed by atoms with van der Waals surface area (Å²) >= 11 is 0. The fourth-order valence-electron chi connectivity index (χ4n) is 1.44. The number of hydrogen-bond acceptors (Lipinski definition) is 4. The lowest BCUT2D eigenvalue weighted by Crippen LogP contribution is -2.10. The van der Waals surface area contributed by atoms with Crippen molar-refractivity contribution < 1.29 is 18.6 Å². The van der Waals surface area contributed by atoms with Gasteiger partial charge in [-0.2, -0.15) is 0 Å². The molecule has 0 saturated carbocycles. The van der Waals surface area contributed by atoms with Gasteiger partial charge >= 0.3 is 0 Å². The zero-order valence-electron chi connectivity index (χ0n) is 10.7. The lowest BCUT2D eigenvalue weighted by molar-refractivity contribution is 0.0538. The van der Waals surface area contributed by atoms with Crippen LogP contribution in [0.2, 0.25) is 0 Å². The normalized spacial score (nSPS) is 10.6. The highest BCUT2D eigenvalue weighted by Gasteiger charge is 2.04. The lowest BCUT2D eigenvalue weighted by atomic mass is 10.1. The molecule has 1 aromatic rings. The van der Waals surface area contributed by atoms with Gasteiger partial charge in [0.1, 0.15) is 6.61 Å². The van der Waals surface area contributed by atoms with Crippen molar-refractivity contribution in [2.24, 2.45) is 5.73 Å². The monoisotopic (exact) mass is 257 g/mol. The van der Waals surface area contributed by atoms with E-state index >= 15 is 0 Å². The first-order chi connectivity index (χ1) is 8.77. The van der Waals surface area contributed by atoms with E-state index < -0.39 is 0 Å². The van der Waals surface area contributed by atoms with Crippen LogP contribution in [0.4, 0.5) is 4.39 Å². The molecule has 1 rings (SSSR count). The van der Waals surface area contributed by atoms with Crippen molar-refractivity contribution in [2.45, 2.75) is 6.42 Å². The number of ether oxygens (including phenoxy) is 3. The first kappa shape index (κ1) is 14.9. The average molecular weight is 257 g/mol. The molecule has 0 aliphatic heterocycles. The second kappa shape index (κ2) is 8.85. The minimum atomic E-state index is -0.363. The van der Waals surface area contributed by atoms with Gasteiger partial charge < -0.3 is 19.9 Å². The van der Waals surface area contributed by atoms with E-state index in [-0.39, 0.29) is 11.6 Å². The van der Waals surface area contributed by atoms with Gasteiger partial charge in [-0.05, 0) is 30.7 Å². The molecule has 0 bridgehead atoms. The van der Waals surface area contributed by atoms with Crippen LogP contribution in [0.1, 0.15) is 5.56 Å². The van der Waals surface area contributed by atoms with Crippen molar-refractivity contribution in [1.29, 1.82) is 0 Å². The molecule has 0 spiro atoms. The Morgan fingerprint density at radius 1 is 1.17 bits per heavy atom. The molecule has 0 fully saturated rings. The summed E-state index contributed by atoms with van der Waals surface area (Å²) in [6, 6.07) is 4.89. The molecule has 0 aliphatic carbocycles. The zero-order chi connectivity index (χ0) is 13.2. The van der Waals surface area contributed by atoms with Crippen molar-refractivity contribution in [2.75, 3.05) is 40.1 Å². The third kappa shape index (κ3) is 5.44. The summed E-state index contributed by atoms with van der Waals surface area (Å²) in [5.41, 5.74) is 6.28. The SMILES string of the molecule is COCCOCCOc1ccc(CCN)cc1F. The van der Waals surface area contributed by atoms with Crippen LogP contribution in [-0.2, 0) is 15.9 Å². The Hall–Kier alpha value is -1.17. The number of rotatable bonds is 9. The number of methoxy groups -OCH3 is 1. The molecular weight excluding hydrogens is 237 g/mol. The van der Waals surface area contributed by atoms with Gasteiger partial charge in [0.2, 0.25) is 0 Å². The predicted molar refractivity (Wildman–Crippen MR) is 67.3 cm³/mol. The molecule has 2 N–H and O–H groups in total. The molecule has 18 heavy (non-hydrogen) atoms. The van der Waals surface area contributed by atoms with E-state index in [1.165, 1.54) is 6.07 Å². The fourth-order valence-corrected chi connectivity index (χ4v) is 1.44. The number of benzene rings is 1. The fraction of sp³-hybridized carbons (Fsp3) is 0.538. The Balaban J connectivity index is 2.29. The van der Waals surface area contributed by atoms with Gasteiger partial charge in [-0.1, -0.05) is 6.07 Å². The molecule has 0 amide bonds. The Labute approximate surface area is 107 Å². The van der Waals surface area contributed by atoms with Gasteiger partial charge in [0.15, 0.2) is 11.6 Å². The molecule has 0 aromatic heterocycles. The summed E-state index contributed by atoms with van der Waals surface area (Å²) in [6.45, 7) is 2.29. The maximum atomic E-state index is 13.6. The lowest BCUT2D eigenvalue weighted by Gasteiger charge is -2.09. The van der Waals surface area contributed by atoms with Gasteiger partial charge in [-0.25, -0.2) is 4.39 Å². The molecular formula is C13H20FNO3. The molecule has 0 saturated heterocycles. The van der Waals surface area contributed by atoms with E-state index in [9.17, 15) is 4.39 Å². The van der Waals surface area contributed by atoms with Crippen molar-refractivity contribution in [3.8, 4) is 5.75 Å². The van der Waals surface area contributed by atoms with Crippen LogP contribution in [0, 0.1) is 5.82 Å². The highest BCUT2D eigenvalue weighted by atomic mass is 19.1. The third-order valence-electron chi connectivity index (χ3n) is 2.35. The van der Waals surface area contributed by atoms with Crippen LogP contribution < -0.4 is 10.5 Å². The number of nitrogens with two attached hydrogens (primary N) is 1. The molecule has 4 nitrogen and oxygen atoms in total. The summed E-state index contributed by atoms with van der Waals surface area (Å²) in [5, 5.41) is 0. The summed E-state index contributed by atoms with van der Waals surface area (Å²) in [7, 11) is 1.61. The van der Waals surface area contributed by atoms with Crippen LogP contribution in [-0.4, -0.2) is 40.1 Å². The smallest absolute Gasteiger partial charge is 0.165 e. The minimum absolute atomic E-state index is 0.242. The quantitative estimate of drug-likeness (QED) is 0.679. The standard InChI is InChI=1S/C13H20FNO3/c1-16-6-7-17-8-9-18-13-3-2-11(4-5-15)10-12(13)14/h2-3,10H,4-9,15H2,1H3. The van der Waals surface area contributed by atoms with E-state index in [4.69, 9.17) is 19.9 Å². The van der Waals surface area contributed by atoms with Gasteiger partial charge in [-0.3, -0.25) is 0 Å². The average Bonchev–Trinajstić information content (AvgIpc) is 2.36. The largest absolute Gasteiger partial charge is 0.488 e. The third-order valence-corrected chi connectivity index (χ3v) is 2.35. The molecule has 0 aliphatic rings. The van der Waals surface area contributed by atoms with Gasteiger partial charge in [0.05, 0.1) is 19.8 Å². The van der Waals surface area contributed by atoms with Crippen LogP contribution in [0.3, 0.4) is 0 Å². The highest BCUT2D eigenvalue weighted by molar-refractivity contribution is 5.29. The second-order valence-electron chi connectivity index (χ2n) is 3.76. The van der Waals surface area contributed by atoms with E-state index in [0.717, 1.165) is 5.56 Å². The van der Waals surface area contributed by atoms with Gasteiger partial charge in [-0.15, -0.1) is 0 Å². The maximum Gasteiger partial charge on any atom is 0.165 e. The number of hydrogen-bond donors (Lipinski definition) is 1. The molecule has 0 unspecified atom stereocenters. The Bertz CT molecular complexity index is 347. The highest BCUT2D eigenvalue weighted by Crippen LogP contribution is 2.18. The van der Waals surface area contributed by atoms with Crippen LogP contribution in [0.5, 0.6) is 5.75 Å². The molecule has 0 radical (unpaired) electrons. The summed E-state index contributed by atoms with van der Waals surface area (Å²) in [6.07, 6.45) is 0.664. The molecule has 1 aromatic carbocycles. The summed E-state index contributed by atoms with van der Waals surface area (Å²) < 4.78 is 28.9. The van der Waals surface area contributed by atoms with Crippen LogP contribution >= 0.6 is 0 Å². The zero-order valence-corrected chi connectivity index (χ0v) is 10.7. The Morgan fingerprint density at radius 2 is 1.94 bits per heavy atom. The van der Waals surface area contributed by atoms with Gasteiger partial charge in [0.25, 0.3) is 0 Å². The first-order valence-corrected chi connectivity index (χ1v) is 5.96. The van der Waals surface area contributed by atoms with Crippen molar-refractivity contribution in [3.63, 3.8) is 0 Å². The maximum absolute atomic E-state index is 13.6. The van der Waals surface area contributed by atoms with E-state index in [0.29, 0.717) is 39.4 Å². The van der Waals surface area contributed by atoms with Crippen molar-refractivity contribution >= 4 is 0 Å². The predicted octanol–water partition coefficient (Wildman–Crippen LogP) is 1.37. The summed E-state index contributed by atoms with van der Waals surface area (Å²) in [4.78, 5) is 0. The van der Waals surface area contributed by atoms with Gasteiger partial charge in [0, 0.05) is 7.11 Å². The number of halogens is 1. The molecule has 102 valence electrons. The molecule has 5 heteroatoms. The Kier molecular flexibility index (Phi) is 7.32. The van der Waals surface area contributed by atoms with Crippen LogP contribution in [0.25, 0.3) is 0 Å². The molecule has 0 atom stereocenters. The summed E-state index contributed by atoms with van der Waals surface area (Å²) in [5.74, 6) is -0.121. The minimum Gasteiger partial charge on any atom is -0.488 e. The van der Waals surface area contributed by atoms with E-state index in [2.05, 4.69) is 0 Å².